The first-order valence-electron chi connectivity index (χ1n) is 8.67. The highest BCUT2D eigenvalue weighted by Gasteiger charge is 2.03. The van der Waals surface area contributed by atoms with E-state index in [1.165, 1.54) is 17.7 Å². The second-order valence-electron chi connectivity index (χ2n) is 5.81. The number of hydrogen-bond acceptors (Lipinski definition) is 2. The molecule has 0 unspecified atom stereocenters. The summed E-state index contributed by atoms with van der Waals surface area (Å²) in [6, 6.07) is 16.2. The Balaban J connectivity index is 1.59. The van der Waals surface area contributed by atoms with Crippen molar-refractivity contribution >= 4 is 11.9 Å². The smallest absolute Gasteiger partial charge is 0.224 e. The van der Waals surface area contributed by atoms with Crippen LogP contribution in [-0.2, 0) is 17.6 Å². The third-order valence-corrected chi connectivity index (χ3v) is 3.79. The molecule has 0 aliphatic heterocycles. The van der Waals surface area contributed by atoms with Gasteiger partial charge >= 0.3 is 0 Å². The van der Waals surface area contributed by atoms with Crippen LogP contribution in [0.25, 0.3) is 0 Å². The first kappa shape index (κ1) is 19.4. The summed E-state index contributed by atoms with van der Waals surface area (Å²) < 4.78 is 12.8. The third-order valence-electron chi connectivity index (χ3n) is 3.79. The minimum atomic E-state index is -0.301. The van der Waals surface area contributed by atoms with Crippen molar-refractivity contribution in [3.63, 3.8) is 0 Å². The molecule has 2 rings (SSSR count). The van der Waals surface area contributed by atoms with Gasteiger partial charge in [-0.1, -0.05) is 42.5 Å². The van der Waals surface area contributed by atoms with E-state index in [0.717, 1.165) is 18.5 Å². The summed E-state index contributed by atoms with van der Waals surface area (Å²) in [6.45, 7) is 1.83. The molecule has 0 bridgehead atoms. The van der Waals surface area contributed by atoms with Crippen LogP contribution in [0, 0.1) is 5.82 Å². The highest BCUT2D eigenvalue weighted by atomic mass is 19.1. The predicted octanol–water partition coefficient (Wildman–Crippen LogP) is 1.89. The van der Waals surface area contributed by atoms with Crippen LogP contribution < -0.4 is 16.0 Å². The molecule has 138 valence electrons. The predicted molar refractivity (Wildman–Crippen MR) is 103 cm³/mol. The molecular weight excluding hydrogens is 331 g/mol. The van der Waals surface area contributed by atoms with E-state index in [2.05, 4.69) is 33.1 Å². The van der Waals surface area contributed by atoms with E-state index in [4.69, 9.17) is 0 Å². The van der Waals surface area contributed by atoms with Gasteiger partial charge < -0.3 is 16.0 Å². The van der Waals surface area contributed by atoms with Crippen LogP contribution in [0.2, 0.25) is 0 Å². The van der Waals surface area contributed by atoms with Gasteiger partial charge in [-0.05, 0) is 29.7 Å². The fourth-order valence-electron chi connectivity index (χ4n) is 2.42. The molecule has 0 saturated carbocycles. The first-order chi connectivity index (χ1) is 12.7. The molecule has 1 amide bonds. The summed E-state index contributed by atoms with van der Waals surface area (Å²) in [5.74, 6) is 0.309. The average molecular weight is 356 g/mol. The van der Waals surface area contributed by atoms with Crippen LogP contribution in [-0.4, -0.2) is 38.5 Å². The van der Waals surface area contributed by atoms with Crippen molar-refractivity contribution in [2.24, 2.45) is 4.99 Å². The Morgan fingerprint density at radius 1 is 0.885 bits per heavy atom. The molecule has 6 heteroatoms. The third kappa shape index (κ3) is 7.34. The van der Waals surface area contributed by atoms with Gasteiger partial charge in [-0.15, -0.1) is 0 Å². The molecule has 0 atom stereocenters. The summed E-state index contributed by atoms with van der Waals surface area (Å²) in [4.78, 5) is 16.0. The van der Waals surface area contributed by atoms with E-state index < -0.39 is 0 Å². The first-order valence-corrected chi connectivity index (χ1v) is 8.67. The van der Waals surface area contributed by atoms with Crippen LogP contribution in [0.4, 0.5) is 4.39 Å². The van der Waals surface area contributed by atoms with Gasteiger partial charge in [0.15, 0.2) is 5.96 Å². The van der Waals surface area contributed by atoms with Gasteiger partial charge in [0.25, 0.3) is 0 Å². The van der Waals surface area contributed by atoms with Crippen molar-refractivity contribution in [2.75, 3.05) is 26.7 Å². The monoisotopic (exact) mass is 356 g/mol. The summed E-state index contributed by atoms with van der Waals surface area (Å²) in [5.41, 5.74) is 2.05. The number of nitrogens with one attached hydrogen (secondary N) is 3. The number of benzene rings is 2. The summed E-state index contributed by atoms with van der Waals surface area (Å²) >= 11 is 0. The van der Waals surface area contributed by atoms with E-state index in [9.17, 15) is 9.18 Å². The fraction of sp³-hybridized carbons (Fsp3) is 0.300. The number of hydrogen-bond donors (Lipinski definition) is 3. The minimum Gasteiger partial charge on any atom is -0.356 e. The Hall–Kier alpha value is -2.89. The van der Waals surface area contributed by atoms with Crippen molar-refractivity contribution in [2.45, 2.75) is 12.8 Å². The number of nitrogens with zero attached hydrogens (tertiary/aromatic N) is 1. The zero-order valence-electron chi connectivity index (χ0n) is 15.0. The summed E-state index contributed by atoms with van der Waals surface area (Å²) in [5, 5.41) is 9.23. The lowest BCUT2D eigenvalue weighted by Gasteiger charge is -2.12. The maximum Gasteiger partial charge on any atom is 0.224 e. The van der Waals surface area contributed by atoms with E-state index in [-0.39, 0.29) is 18.1 Å². The summed E-state index contributed by atoms with van der Waals surface area (Å²) in [7, 11) is 1.71. The molecule has 2 aromatic rings. The average Bonchev–Trinajstić information content (AvgIpc) is 2.66. The van der Waals surface area contributed by atoms with E-state index in [1.54, 1.807) is 19.2 Å². The fourth-order valence-corrected chi connectivity index (χ4v) is 2.42. The van der Waals surface area contributed by atoms with E-state index in [0.29, 0.717) is 19.0 Å². The highest BCUT2D eigenvalue weighted by molar-refractivity contribution is 5.80. The van der Waals surface area contributed by atoms with Gasteiger partial charge in [0.1, 0.15) is 5.82 Å². The maximum absolute atomic E-state index is 12.8. The van der Waals surface area contributed by atoms with Crippen LogP contribution in [0.1, 0.15) is 11.1 Å². The van der Waals surface area contributed by atoms with Crippen molar-refractivity contribution in [1.82, 2.24) is 16.0 Å². The molecule has 26 heavy (non-hydrogen) atoms. The number of aliphatic imine (C=N–C) groups is 1. The number of guanidine groups is 1. The minimum absolute atomic E-state index is 0.0922. The molecule has 5 nitrogen and oxygen atoms in total. The van der Waals surface area contributed by atoms with Crippen LogP contribution in [0.15, 0.2) is 59.6 Å². The topological polar surface area (TPSA) is 65.5 Å². The Labute approximate surface area is 153 Å². The van der Waals surface area contributed by atoms with Crippen molar-refractivity contribution in [3.8, 4) is 0 Å². The number of carbonyl (C=O) groups excluding carboxylic acids is 1. The van der Waals surface area contributed by atoms with Gasteiger partial charge in [-0.2, -0.15) is 0 Å². The zero-order chi connectivity index (χ0) is 18.6. The molecule has 0 fully saturated rings. The van der Waals surface area contributed by atoms with Crippen LogP contribution in [0.3, 0.4) is 0 Å². The number of halogens is 1. The molecular formula is C20H25FN4O. The van der Waals surface area contributed by atoms with E-state index >= 15 is 0 Å². The molecule has 0 spiro atoms. The van der Waals surface area contributed by atoms with Crippen molar-refractivity contribution in [1.29, 1.82) is 0 Å². The Morgan fingerprint density at radius 2 is 1.54 bits per heavy atom. The molecule has 0 aromatic heterocycles. The SMILES string of the molecule is CN=C(NCCNC(=O)Cc1ccc(F)cc1)NCCc1ccccc1. The Bertz CT molecular complexity index is 702. The molecule has 3 N–H and O–H groups in total. The number of amides is 1. The van der Waals surface area contributed by atoms with Gasteiger partial charge in [-0.3, -0.25) is 9.79 Å². The molecule has 0 aliphatic carbocycles. The lowest BCUT2D eigenvalue weighted by atomic mass is 10.1. The molecule has 0 aliphatic rings. The standard InChI is InChI=1S/C20H25FN4O/c1-22-20(24-12-11-16-5-3-2-4-6-16)25-14-13-23-19(26)15-17-7-9-18(21)10-8-17/h2-10H,11-15H2,1H3,(H,23,26)(H2,22,24,25). The second-order valence-corrected chi connectivity index (χ2v) is 5.81. The maximum atomic E-state index is 12.8. The largest absolute Gasteiger partial charge is 0.356 e. The van der Waals surface area contributed by atoms with Crippen molar-refractivity contribution in [3.05, 3.63) is 71.5 Å². The molecule has 0 saturated heterocycles. The Kier molecular flexibility index (Phi) is 8.12. The zero-order valence-corrected chi connectivity index (χ0v) is 15.0. The summed E-state index contributed by atoms with van der Waals surface area (Å²) in [6.07, 6.45) is 1.15. The van der Waals surface area contributed by atoms with Gasteiger partial charge in [0.2, 0.25) is 5.91 Å². The van der Waals surface area contributed by atoms with Gasteiger partial charge in [0.05, 0.1) is 6.42 Å². The Morgan fingerprint density at radius 3 is 2.23 bits per heavy atom. The lowest BCUT2D eigenvalue weighted by Crippen LogP contribution is -2.42. The number of carbonyl (C=O) groups is 1. The normalized spacial score (nSPS) is 11.1. The molecule has 0 heterocycles. The lowest BCUT2D eigenvalue weighted by molar-refractivity contribution is -0.120. The molecule has 0 radical (unpaired) electrons. The van der Waals surface area contributed by atoms with Crippen LogP contribution >= 0.6 is 0 Å². The van der Waals surface area contributed by atoms with Gasteiger partial charge in [0, 0.05) is 26.7 Å². The van der Waals surface area contributed by atoms with Crippen molar-refractivity contribution < 1.29 is 9.18 Å². The highest BCUT2D eigenvalue weighted by Crippen LogP contribution is 2.03. The second kappa shape index (κ2) is 10.9. The van der Waals surface area contributed by atoms with Gasteiger partial charge in [-0.25, -0.2) is 4.39 Å². The van der Waals surface area contributed by atoms with E-state index in [1.807, 2.05) is 18.2 Å². The molecule has 2 aromatic carbocycles. The van der Waals surface area contributed by atoms with Crippen LogP contribution in [0.5, 0.6) is 0 Å². The quantitative estimate of drug-likeness (QED) is 0.384. The number of rotatable bonds is 8.